The van der Waals surface area contributed by atoms with E-state index in [9.17, 15) is 19.1 Å². The van der Waals surface area contributed by atoms with Crippen LogP contribution in [0.5, 0.6) is 0 Å². The third kappa shape index (κ3) is 5.21. The average Bonchev–Trinajstić information content (AvgIpc) is 3.60. The van der Waals surface area contributed by atoms with Crippen molar-refractivity contribution >= 4 is 44.3 Å². The summed E-state index contributed by atoms with van der Waals surface area (Å²) in [6.07, 6.45) is 5.51. The molecular formula is C34H32FN3O4S. The molecule has 0 spiro atoms. The first-order valence-electron chi connectivity index (χ1n) is 14.9. The number of pyridine rings is 1. The molecule has 7 rings (SSSR count). The Kier molecular flexibility index (Phi) is 7.44. The Morgan fingerprint density at radius 2 is 1.79 bits per heavy atom. The molecule has 7 nitrogen and oxygen atoms in total. The number of amides is 1. The van der Waals surface area contributed by atoms with Crippen LogP contribution < -0.4 is 0 Å². The van der Waals surface area contributed by atoms with Crippen molar-refractivity contribution < 1.29 is 23.8 Å². The minimum absolute atomic E-state index is 0.00305. The van der Waals surface area contributed by atoms with Crippen LogP contribution in [0.2, 0.25) is 0 Å². The first kappa shape index (κ1) is 27.7. The zero-order valence-corrected chi connectivity index (χ0v) is 24.5. The maximum atomic E-state index is 14.5. The van der Waals surface area contributed by atoms with Crippen LogP contribution in [0.1, 0.15) is 53.3 Å². The first-order valence-corrected chi connectivity index (χ1v) is 15.7. The summed E-state index contributed by atoms with van der Waals surface area (Å²) >= 11 is 1.31. The number of hydrogen-bond acceptors (Lipinski definition) is 5. The minimum Gasteiger partial charge on any atom is -0.477 e. The number of carboxylic acid groups (broad SMARTS) is 1. The van der Waals surface area contributed by atoms with Crippen molar-refractivity contribution in [3.05, 3.63) is 76.9 Å². The Hall–Kier alpha value is -4.08. The number of carbonyl (C=O) groups excluding carboxylic acids is 1. The number of benzene rings is 2. The zero-order chi connectivity index (χ0) is 29.5. The summed E-state index contributed by atoms with van der Waals surface area (Å²) in [5, 5.41) is 10.8. The molecule has 2 aromatic carbocycles. The maximum Gasteiger partial charge on any atom is 0.345 e. The van der Waals surface area contributed by atoms with Gasteiger partial charge in [0.15, 0.2) is 0 Å². The van der Waals surface area contributed by atoms with Crippen molar-refractivity contribution in [1.82, 2.24) is 14.5 Å². The molecule has 0 bridgehead atoms. The molecule has 2 aliphatic rings. The van der Waals surface area contributed by atoms with Crippen LogP contribution in [0.25, 0.3) is 43.6 Å². The lowest BCUT2D eigenvalue weighted by Crippen LogP contribution is -2.42. The highest BCUT2D eigenvalue weighted by Crippen LogP contribution is 2.47. The van der Waals surface area contributed by atoms with Gasteiger partial charge in [-0.25, -0.2) is 14.2 Å². The molecule has 1 saturated carbocycles. The second kappa shape index (κ2) is 11.5. The lowest BCUT2D eigenvalue weighted by molar-refractivity contribution is -0.135. The van der Waals surface area contributed by atoms with Gasteiger partial charge >= 0.3 is 5.97 Å². The minimum atomic E-state index is -0.953. The van der Waals surface area contributed by atoms with Crippen LogP contribution in [0, 0.1) is 5.82 Å². The number of aromatic carboxylic acids is 1. The molecule has 9 heteroatoms. The fraction of sp³-hybridized carbons (Fsp3) is 0.324. The number of aromatic nitrogens is 2. The van der Waals surface area contributed by atoms with Crippen molar-refractivity contribution in [3.8, 4) is 22.5 Å². The molecule has 5 aromatic rings. The Morgan fingerprint density at radius 3 is 2.56 bits per heavy atom. The van der Waals surface area contributed by atoms with Gasteiger partial charge in [-0.3, -0.25) is 4.79 Å². The monoisotopic (exact) mass is 597 g/mol. The fourth-order valence-electron chi connectivity index (χ4n) is 6.64. The molecule has 2 fully saturated rings. The number of rotatable bonds is 6. The van der Waals surface area contributed by atoms with Gasteiger partial charge in [0.05, 0.1) is 40.3 Å². The predicted molar refractivity (Wildman–Crippen MR) is 166 cm³/mol. The average molecular weight is 598 g/mol. The second-order valence-electron chi connectivity index (χ2n) is 11.4. The van der Waals surface area contributed by atoms with Crippen LogP contribution in [-0.2, 0) is 16.1 Å². The van der Waals surface area contributed by atoms with E-state index >= 15 is 0 Å². The van der Waals surface area contributed by atoms with Crippen LogP contribution in [0.4, 0.5) is 4.39 Å². The quantitative estimate of drug-likeness (QED) is 0.222. The number of hydrogen-bond donors (Lipinski definition) is 1. The zero-order valence-electron chi connectivity index (χ0n) is 23.7. The van der Waals surface area contributed by atoms with Gasteiger partial charge in [-0.15, -0.1) is 11.3 Å². The van der Waals surface area contributed by atoms with Gasteiger partial charge in [-0.1, -0.05) is 43.5 Å². The summed E-state index contributed by atoms with van der Waals surface area (Å²) < 4.78 is 23.0. The Labute approximate surface area is 252 Å². The van der Waals surface area contributed by atoms with Gasteiger partial charge in [0.1, 0.15) is 17.2 Å². The van der Waals surface area contributed by atoms with Crippen molar-refractivity contribution in [1.29, 1.82) is 0 Å². The standard InChI is InChI=1S/C34H32FN3O4S/c35-25-9-5-4-8-24(25)27-13-10-22-18-23(11-12-26(22)36-27)32-31(21-6-2-1-3-7-21)33-28(19-29(43-33)34(40)41)38(32)20-30(39)37-14-16-42-17-15-37/h4-5,8-13,18-19,21H,1-3,6-7,14-17,20H2,(H,40,41). The van der Waals surface area contributed by atoms with E-state index in [-0.39, 0.29) is 29.1 Å². The molecule has 1 N–H and O–H groups in total. The number of fused-ring (bicyclic) bond motifs is 2. The number of nitrogens with zero attached hydrogens (tertiary/aromatic N) is 3. The highest BCUT2D eigenvalue weighted by Gasteiger charge is 2.30. The maximum absolute atomic E-state index is 14.5. The molecule has 0 unspecified atom stereocenters. The van der Waals surface area contributed by atoms with Gasteiger partial charge in [-0.2, -0.15) is 0 Å². The van der Waals surface area contributed by atoms with Crippen LogP contribution >= 0.6 is 11.3 Å². The van der Waals surface area contributed by atoms with E-state index in [1.165, 1.54) is 23.8 Å². The van der Waals surface area contributed by atoms with E-state index in [2.05, 4.69) is 6.07 Å². The molecule has 1 amide bonds. The van der Waals surface area contributed by atoms with E-state index in [0.717, 1.165) is 63.6 Å². The molecule has 1 saturated heterocycles. The van der Waals surface area contributed by atoms with E-state index < -0.39 is 5.97 Å². The molecule has 0 radical (unpaired) electrons. The van der Waals surface area contributed by atoms with E-state index in [1.807, 2.05) is 33.7 Å². The summed E-state index contributed by atoms with van der Waals surface area (Å²) in [5.74, 6) is -0.988. The van der Waals surface area contributed by atoms with E-state index in [1.54, 1.807) is 24.3 Å². The number of ether oxygens (including phenoxy) is 1. The van der Waals surface area contributed by atoms with Gasteiger partial charge in [-0.05, 0) is 66.3 Å². The SMILES string of the molecule is O=C(O)c1cc2c(s1)c(C1CCCCC1)c(-c1ccc3nc(-c4ccccc4F)ccc3c1)n2CC(=O)N1CCOCC1. The molecule has 0 atom stereocenters. The molecule has 3 aromatic heterocycles. The van der Waals surface area contributed by atoms with E-state index in [0.29, 0.717) is 37.6 Å². The summed E-state index contributed by atoms with van der Waals surface area (Å²) in [6, 6.07) is 18.2. The molecule has 4 heterocycles. The fourth-order valence-corrected chi connectivity index (χ4v) is 7.76. The smallest absolute Gasteiger partial charge is 0.345 e. The van der Waals surface area contributed by atoms with Gasteiger partial charge in [0, 0.05) is 24.0 Å². The Morgan fingerprint density at radius 1 is 1.00 bits per heavy atom. The normalized spacial score (nSPS) is 16.3. The van der Waals surface area contributed by atoms with Crippen molar-refractivity contribution in [2.24, 2.45) is 0 Å². The topological polar surface area (TPSA) is 84.7 Å². The number of carboxylic acids is 1. The first-order chi connectivity index (χ1) is 21.0. The Balaban J connectivity index is 1.39. The van der Waals surface area contributed by atoms with Gasteiger partial charge in [0.2, 0.25) is 5.91 Å². The van der Waals surface area contributed by atoms with Crippen molar-refractivity contribution in [3.63, 3.8) is 0 Å². The van der Waals surface area contributed by atoms with Crippen LogP contribution in [-0.4, -0.2) is 57.7 Å². The third-order valence-corrected chi connectivity index (χ3v) is 9.91. The molecule has 220 valence electrons. The highest BCUT2D eigenvalue weighted by molar-refractivity contribution is 7.21. The van der Waals surface area contributed by atoms with Crippen LogP contribution in [0.15, 0.2) is 60.7 Å². The van der Waals surface area contributed by atoms with Gasteiger partial charge < -0.3 is 19.3 Å². The highest BCUT2D eigenvalue weighted by atomic mass is 32.1. The second-order valence-corrected chi connectivity index (χ2v) is 12.4. The molecular weight excluding hydrogens is 565 g/mol. The summed E-state index contributed by atoms with van der Waals surface area (Å²) in [6.45, 7) is 2.24. The predicted octanol–water partition coefficient (Wildman–Crippen LogP) is 7.33. The lowest BCUT2D eigenvalue weighted by Gasteiger charge is -2.28. The molecule has 43 heavy (non-hydrogen) atoms. The number of morpholine rings is 1. The summed E-state index contributed by atoms with van der Waals surface area (Å²) in [7, 11) is 0. The lowest BCUT2D eigenvalue weighted by atomic mass is 9.83. The number of halogens is 1. The van der Waals surface area contributed by atoms with Crippen molar-refractivity contribution in [2.45, 2.75) is 44.6 Å². The third-order valence-electron chi connectivity index (χ3n) is 8.77. The van der Waals surface area contributed by atoms with E-state index in [4.69, 9.17) is 9.72 Å². The molecule has 1 aliphatic heterocycles. The molecule has 1 aliphatic carbocycles. The number of thiophene rings is 1. The Bertz CT molecular complexity index is 1850. The largest absolute Gasteiger partial charge is 0.477 e. The summed E-state index contributed by atoms with van der Waals surface area (Å²) in [5.41, 5.74) is 5.67. The number of carbonyl (C=O) groups is 2. The van der Waals surface area contributed by atoms with Crippen LogP contribution in [0.3, 0.4) is 0 Å². The van der Waals surface area contributed by atoms with Gasteiger partial charge in [0.25, 0.3) is 0 Å². The summed E-state index contributed by atoms with van der Waals surface area (Å²) in [4.78, 5) is 32.6. The van der Waals surface area contributed by atoms with Crippen molar-refractivity contribution in [2.75, 3.05) is 26.3 Å².